The van der Waals surface area contributed by atoms with Gasteiger partial charge in [0, 0.05) is 24.8 Å². The lowest BCUT2D eigenvalue weighted by Gasteiger charge is -2.04. The molecule has 8 nitrogen and oxygen atoms in total. The van der Waals surface area contributed by atoms with E-state index in [1.54, 1.807) is 16.9 Å². The minimum Gasteiger partial charge on any atom is -0.351 e. The molecule has 2 aromatic heterocycles. The zero-order chi connectivity index (χ0) is 20.1. The molecule has 0 radical (unpaired) electrons. The third-order valence-electron chi connectivity index (χ3n) is 4.25. The van der Waals surface area contributed by atoms with E-state index in [0.717, 1.165) is 17.5 Å². The Morgan fingerprint density at radius 3 is 2.57 bits per heavy atom. The molecule has 0 unspecified atom stereocenters. The molecule has 8 heteroatoms. The highest BCUT2D eigenvalue weighted by Crippen LogP contribution is 2.20. The predicted molar refractivity (Wildman–Crippen MR) is 107 cm³/mol. The Morgan fingerprint density at radius 2 is 1.89 bits per heavy atom. The molecule has 2 heterocycles. The summed E-state index contributed by atoms with van der Waals surface area (Å²) in [5.41, 5.74) is 3.61. The highest BCUT2D eigenvalue weighted by molar-refractivity contribution is 6.07. The quantitative estimate of drug-likeness (QED) is 0.586. The molecule has 1 aromatic carbocycles. The molecule has 0 saturated carbocycles. The fourth-order valence-corrected chi connectivity index (χ4v) is 2.66. The number of nitrogens with one attached hydrogen (secondary N) is 3. The van der Waals surface area contributed by atoms with Crippen molar-refractivity contribution in [3.8, 4) is 11.3 Å². The van der Waals surface area contributed by atoms with E-state index in [0.29, 0.717) is 30.2 Å². The molecule has 3 N–H and O–H groups in total. The SMILES string of the molecule is CCCNC(=O)c1nn(CC)cc1NC(=O)c1cc(-c2ccc(C)cc2)n[nH]1. The van der Waals surface area contributed by atoms with Gasteiger partial charge in [0.15, 0.2) is 5.69 Å². The molecule has 0 aliphatic carbocycles. The van der Waals surface area contributed by atoms with Crippen LogP contribution in [0.1, 0.15) is 46.8 Å². The summed E-state index contributed by atoms with van der Waals surface area (Å²) in [6.07, 6.45) is 2.47. The Morgan fingerprint density at radius 1 is 1.14 bits per heavy atom. The Balaban J connectivity index is 1.78. The molecule has 3 rings (SSSR count). The van der Waals surface area contributed by atoms with Gasteiger partial charge in [-0.25, -0.2) is 0 Å². The first kappa shape index (κ1) is 19.3. The molecule has 0 spiro atoms. The summed E-state index contributed by atoms with van der Waals surface area (Å²) in [7, 11) is 0. The number of aromatic amines is 1. The van der Waals surface area contributed by atoms with Gasteiger partial charge in [0.25, 0.3) is 11.8 Å². The van der Waals surface area contributed by atoms with E-state index in [9.17, 15) is 9.59 Å². The van der Waals surface area contributed by atoms with Crippen LogP contribution in [0.15, 0.2) is 36.5 Å². The second kappa shape index (κ2) is 8.51. The first-order chi connectivity index (χ1) is 13.5. The van der Waals surface area contributed by atoms with Gasteiger partial charge < -0.3 is 10.6 Å². The van der Waals surface area contributed by atoms with Crippen LogP contribution in [0.5, 0.6) is 0 Å². The number of benzene rings is 1. The monoisotopic (exact) mass is 380 g/mol. The molecule has 0 aliphatic heterocycles. The molecule has 0 aliphatic rings. The normalized spacial score (nSPS) is 10.7. The lowest BCUT2D eigenvalue weighted by Crippen LogP contribution is -2.26. The maximum Gasteiger partial charge on any atom is 0.273 e. The Bertz CT molecular complexity index is 971. The van der Waals surface area contributed by atoms with E-state index in [4.69, 9.17) is 0 Å². The van der Waals surface area contributed by atoms with Crippen molar-refractivity contribution in [1.29, 1.82) is 0 Å². The summed E-state index contributed by atoms with van der Waals surface area (Å²) >= 11 is 0. The first-order valence-electron chi connectivity index (χ1n) is 9.31. The molecular weight excluding hydrogens is 356 g/mol. The smallest absolute Gasteiger partial charge is 0.273 e. The number of aryl methyl sites for hydroxylation is 2. The third-order valence-corrected chi connectivity index (χ3v) is 4.25. The molecule has 0 atom stereocenters. The van der Waals surface area contributed by atoms with Crippen LogP contribution in [0.25, 0.3) is 11.3 Å². The highest BCUT2D eigenvalue weighted by atomic mass is 16.2. The van der Waals surface area contributed by atoms with Gasteiger partial charge in [-0.15, -0.1) is 0 Å². The zero-order valence-corrected chi connectivity index (χ0v) is 16.2. The summed E-state index contributed by atoms with van der Waals surface area (Å²) in [6, 6.07) is 9.57. The highest BCUT2D eigenvalue weighted by Gasteiger charge is 2.20. The van der Waals surface area contributed by atoms with Gasteiger partial charge in [-0.2, -0.15) is 10.2 Å². The number of nitrogens with zero attached hydrogens (tertiary/aromatic N) is 3. The van der Waals surface area contributed by atoms with Crippen LogP contribution >= 0.6 is 0 Å². The van der Waals surface area contributed by atoms with Crippen LogP contribution in [0.3, 0.4) is 0 Å². The standard InChI is InChI=1S/C20H24N6O2/c1-4-10-21-20(28)18-17(12-26(5-2)25-18)22-19(27)16-11-15(23-24-16)14-8-6-13(3)7-9-14/h6-9,11-12H,4-5,10H2,1-3H3,(H,21,28)(H,22,27)(H,23,24). The molecular formula is C20H24N6O2. The zero-order valence-electron chi connectivity index (χ0n) is 16.2. The number of carbonyl (C=O) groups excluding carboxylic acids is 2. The average Bonchev–Trinajstić information content (AvgIpc) is 3.34. The Hall–Kier alpha value is -3.42. The lowest BCUT2D eigenvalue weighted by molar-refractivity contribution is 0.0948. The summed E-state index contributed by atoms with van der Waals surface area (Å²) in [6.45, 7) is 7.03. The van der Waals surface area contributed by atoms with E-state index in [-0.39, 0.29) is 17.5 Å². The number of aromatic nitrogens is 4. The maximum atomic E-state index is 12.6. The van der Waals surface area contributed by atoms with Gasteiger partial charge >= 0.3 is 0 Å². The van der Waals surface area contributed by atoms with Gasteiger partial charge in [0.1, 0.15) is 5.69 Å². The topological polar surface area (TPSA) is 105 Å². The van der Waals surface area contributed by atoms with Crippen LogP contribution in [0, 0.1) is 6.92 Å². The number of anilines is 1. The average molecular weight is 380 g/mol. The largest absolute Gasteiger partial charge is 0.351 e. The van der Waals surface area contributed by atoms with E-state index in [1.165, 1.54) is 0 Å². The van der Waals surface area contributed by atoms with Crippen molar-refractivity contribution in [2.45, 2.75) is 33.7 Å². The van der Waals surface area contributed by atoms with E-state index in [1.807, 2.05) is 45.0 Å². The predicted octanol–water partition coefficient (Wildman–Crippen LogP) is 2.99. The summed E-state index contributed by atoms with van der Waals surface area (Å²) in [5, 5.41) is 16.8. The van der Waals surface area contributed by atoms with Gasteiger partial charge in [-0.1, -0.05) is 36.8 Å². The number of hydrogen-bond acceptors (Lipinski definition) is 4. The molecule has 0 saturated heterocycles. The molecule has 3 aromatic rings. The molecule has 0 fully saturated rings. The number of carbonyl (C=O) groups is 2. The Labute approximate surface area is 163 Å². The minimum atomic E-state index is -0.383. The second-order valence-electron chi connectivity index (χ2n) is 6.49. The van der Waals surface area contributed by atoms with Gasteiger partial charge in [-0.3, -0.25) is 19.4 Å². The summed E-state index contributed by atoms with van der Waals surface area (Å²) < 4.78 is 1.61. The van der Waals surface area contributed by atoms with Crippen molar-refractivity contribution < 1.29 is 9.59 Å². The van der Waals surface area contributed by atoms with E-state index >= 15 is 0 Å². The van der Waals surface area contributed by atoms with Crippen molar-refractivity contribution in [2.75, 3.05) is 11.9 Å². The van der Waals surface area contributed by atoms with Crippen molar-refractivity contribution in [1.82, 2.24) is 25.3 Å². The van der Waals surface area contributed by atoms with Crippen molar-refractivity contribution in [3.63, 3.8) is 0 Å². The first-order valence-corrected chi connectivity index (χ1v) is 9.31. The lowest BCUT2D eigenvalue weighted by atomic mass is 10.1. The van der Waals surface area contributed by atoms with Crippen molar-refractivity contribution >= 4 is 17.5 Å². The van der Waals surface area contributed by atoms with Crippen LogP contribution in [-0.2, 0) is 6.54 Å². The molecule has 0 bridgehead atoms. The van der Waals surface area contributed by atoms with Gasteiger partial charge in [0.05, 0.1) is 11.4 Å². The van der Waals surface area contributed by atoms with E-state index < -0.39 is 0 Å². The maximum absolute atomic E-state index is 12.6. The number of amides is 2. The fraction of sp³-hybridized carbons (Fsp3) is 0.300. The van der Waals surface area contributed by atoms with E-state index in [2.05, 4.69) is 25.9 Å². The number of H-pyrrole nitrogens is 1. The molecule has 28 heavy (non-hydrogen) atoms. The number of hydrogen-bond donors (Lipinski definition) is 3. The van der Waals surface area contributed by atoms with Crippen LogP contribution in [-0.4, -0.2) is 38.3 Å². The number of rotatable bonds is 7. The summed E-state index contributed by atoms with van der Waals surface area (Å²) in [4.78, 5) is 25.0. The Kier molecular flexibility index (Phi) is 5.88. The minimum absolute atomic E-state index is 0.196. The third kappa shape index (κ3) is 4.28. The summed E-state index contributed by atoms with van der Waals surface area (Å²) in [5.74, 6) is -0.694. The van der Waals surface area contributed by atoms with Gasteiger partial charge in [-0.05, 0) is 26.3 Å². The second-order valence-corrected chi connectivity index (χ2v) is 6.49. The van der Waals surface area contributed by atoms with Crippen LogP contribution in [0.2, 0.25) is 0 Å². The van der Waals surface area contributed by atoms with Crippen molar-refractivity contribution in [3.05, 3.63) is 53.5 Å². The molecule has 146 valence electrons. The van der Waals surface area contributed by atoms with Crippen LogP contribution < -0.4 is 10.6 Å². The fourth-order valence-electron chi connectivity index (χ4n) is 2.66. The van der Waals surface area contributed by atoms with Gasteiger partial charge in [0.2, 0.25) is 0 Å². The van der Waals surface area contributed by atoms with Crippen LogP contribution in [0.4, 0.5) is 5.69 Å². The van der Waals surface area contributed by atoms with Crippen molar-refractivity contribution in [2.24, 2.45) is 0 Å². The molecule has 2 amide bonds.